The molecule has 5 aromatic rings. The van der Waals surface area contributed by atoms with Crippen LogP contribution in [-0.2, 0) is 0 Å². The first-order valence-corrected chi connectivity index (χ1v) is 7.45. The molecule has 0 saturated carbocycles. The van der Waals surface area contributed by atoms with Crippen LogP contribution in [0.5, 0.6) is 0 Å². The van der Waals surface area contributed by atoms with Gasteiger partial charge in [0.2, 0.25) is 5.52 Å². The zero-order valence-electron chi connectivity index (χ0n) is 12.2. The largest absolute Gasteiger partial charge is 0.456 e. The van der Waals surface area contributed by atoms with Crippen molar-refractivity contribution in [3.05, 3.63) is 72.6 Å². The second-order valence-electron chi connectivity index (χ2n) is 5.85. The number of fused-ring (bicyclic) bond motifs is 6. The van der Waals surface area contributed by atoms with Crippen LogP contribution in [0.3, 0.4) is 0 Å². The van der Waals surface area contributed by atoms with Crippen LogP contribution in [0.1, 0.15) is 5.56 Å². The fourth-order valence-corrected chi connectivity index (χ4v) is 3.29. The first-order valence-electron chi connectivity index (χ1n) is 7.45. The fourth-order valence-electron chi connectivity index (χ4n) is 3.29. The fraction of sp³-hybridized carbons (Fsp3) is 0.0500. The summed E-state index contributed by atoms with van der Waals surface area (Å²) in [5.41, 5.74) is 4.34. The maximum absolute atomic E-state index is 6.02. The summed E-state index contributed by atoms with van der Waals surface area (Å²) in [7, 11) is 0. The Morgan fingerprint density at radius 3 is 2.68 bits per heavy atom. The minimum absolute atomic E-state index is 0.945. The number of hydrogen-bond donors (Lipinski definition) is 0. The van der Waals surface area contributed by atoms with E-state index in [1.54, 1.807) is 0 Å². The smallest absolute Gasteiger partial charge is 0.218 e. The summed E-state index contributed by atoms with van der Waals surface area (Å²) in [6.45, 7) is 2.11. The van der Waals surface area contributed by atoms with E-state index in [9.17, 15) is 0 Å². The molecule has 0 N–H and O–H groups in total. The number of furan rings is 1. The highest BCUT2D eigenvalue weighted by atomic mass is 16.3. The number of nitrogens with zero attached hydrogens (tertiary/aromatic N) is 1. The molecule has 2 aromatic carbocycles. The number of rotatable bonds is 0. The van der Waals surface area contributed by atoms with E-state index in [-0.39, 0.29) is 0 Å². The van der Waals surface area contributed by atoms with Gasteiger partial charge in [0, 0.05) is 28.5 Å². The van der Waals surface area contributed by atoms with Gasteiger partial charge < -0.3 is 4.42 Å². The molecule has 0 radical (unpaired) electrons. The normalized spacial score (nSPS) is 11.9. The van der Waals surface area contributed by atoms with Crippen LogP contribution in [0.4, 0.5) is 0 Å². The minimum atomic E-state index is 0.945. The van der Waals surface area contributed by atoms with Gasteiger partial charge in [0.1, 0.15) is 11.2 Å². The van der Waals surface area contributed by atoms with Gasteiger partial charge in [0.25, 0.3) is 0 Å². The lowest BCUT2D eigenvalue weighted by molar-refractivity contribution is -0.511. The first-order chi connectivity index (χ1) is 10.8. The molecule has 0 aliphatic carbocycles. The second kappa shape index (κ2) is 4.08. The third-order valence-corrected chi connectivity index (χ3v) is 4.36. The average Bonchev–Trinajstić information content (AvgIpc) is 2.90. The molecule has 0 spiro atoms. The van der Waals surface area contributed by atoms with Gasteiger partial charge >= 0.3 is 0 Å². The number of benzene rings is 2. The van der Waals surface area contributed by atoms with Gasteiger partial charge in [0.05, 0.1) is 5.39 Å². The monoisotopic (exact) mass is 284 g/mol. The summed E-state index contributed by atoms with van der Waals surface area (Å²) in [4.78, 5) is 0. The van der Waals surface area contributed by atoms with Crippen molar-refractivity contribution in [1.29, 1.82) is 0 Å². The topological polar surface area (TPSA) is 17.2 Å². The maximum Gasteiger partial charge on any atom is 0.218 e. The molecular weight excluding hydrogens is 270 g/mol. The van der Waals surface area contributed by atoms with E-state index in [0.717, 1.165) is 11.2 Å². The summed E-state index contributed by atoms with van der Waals surface area (Å²) < 4.78 is 8.20. The predicted octanol–water partition coefficient (Wildman–Crippen LogP) is 4.79. The SMILES string of the molecule is Cc1ccc2c3cc4oc5ccccc5c4cc3cc[n+]2c1. The molecule has 0 bridgehead atoms. The van der Waals surface area contributed by atoms with Crippen LogP contribution in [0.2, 0.25) is 0 Å². The van der Waals surface area contributed by atoms with Crippen LogP contribution < -0.4 is 4.40 Å². The van der Waals surface area contributed by atoms with Crippen LogP contribution in [0.25, 0.3) is 38.2 Å². The number of para-hydroxylation sites is 1. The highest BCUT2D eigenvalue weighted by Crippen LogP contribution is 2.32. The molecule has 3 heterocycles. The Labute approximate surface area is 127 Å². The molecule has 0 atom stereocenters. The summed E-state index contributed by atoms with van der Waals surface area (Å²) in [6.07, 6.45) is 4.27. The Morgan fingerprint density at radius 1 is 0.818 bits per heavy atom. The van der Waals surface area contributed by atoms with E-state index < -0.39 is 0 Å². The Hall–Kier alpha value is -2.87. The molecule has 0 unspecified atom stereocenters. The third kappa shape index (κ3) is 1.52. The van der Waals surface area contributed by atoms with Gasteiger partial charge in [0.15, 0.2) is 12.4 Å². The van der Waals surface area contributed by atoms with Crippen molar-refractivity contribution < 1.29 is 8.82 Å². The van der Waals surface area contributed by atoms with E-state index in [2.05, 4.69) is 66.2 Å². The van der Waals surface area contributed by atoms with Crippen molar-refractivity contribution >= 4 is 38.2 Å². The molecule has 2 nitrogen and oxygen atoms in total. The summed E-state index contributed by atoms with van der Waals surface area (Å²) in [5.74, 6) is 0. The summed E-state index contributed by atoms with van der Waals surface area (Å²) >= 11 is 0. The lowest BCUT2D eigenvalue weighted by Crippen LogP contribution is -2.20. The van der Waals surface area contributed by atoms with E-state index >= 15 is 0 Å². The lowest BCUT2D eigenvalue weighted by Gasteiger charge is -2.00. The molecule has 0 aliphatic rings. The summed E-state index contributed by atoms with van der Waals surface area (Å²) in [6, 6.07) is 19.1. The number of pyridine rings is 2. The zero-order valence-corrected chi connectivity index (χ0v) is 12.2. The van der Waals surface area contributed by atoms with Crippen molar-refractivity contribution in [2.75, 3.05) is 0 Å². The molecule has 0 amide bonds. The second-order valence-corrected chi connectivity index (χ2v) is 5.85. The molecule has 0 aliphatic heterocycles. The lowest BCUT2D eigenvalue weighted by atomic mass is 10.1. The maximum atomic E-state index is 6.02. The van der Waals surface area contributed by atoms with Crippen LogP contribution in [0.15, 0.2) is 71.4 Å². The quantitative estimate of drug-likeness (QED) is 0.295. The van der Waals surface area contributed by atoms with Gasteiger partial charge in [-0.25, -0.2) is 0 Å². The number of aryl methyl sites for hydroxylation is 1. The summed E-state index contributed by atoms with van der Waals surface area (Å²) in [5, 5.41) is 4.81. The van der Waals surface area contributed by atoms with Crippen molar-refractivity contribution in [1.82, 2.24) is 0 Å². The van der Waals surface area contributed by atoms with E-state index in [4.69, 9.17) is 4.42 Å². The first kappa shape index (κ1) is 11.8. The zero-order chi connectivity index (χ0) is 14.7. The predicted molar refractivity (Wildman–Crippen MR) is 89.1 cm³/mol. The van der Waals surface area contributed by atoms with Gasteiger partial charge in [-0.15, -0.1) is 0 Å². The van der Waals surface area contributed by atoms with Crippen molar-refractivity contribution in [2.45, 2.75) is 6.92 Å². The Morgan fingerprint density at radius 2 is 1.73 bits per heavy atom. The van der Waals surface area contributed by atoms with Crippen molar-refractivity contribution in [3.63, 3.8) is 0 Å². The van der Waals surface area contributed by atoms with Crippen LogP contribution >= 0.6 is 0 Å². The standard InChI is InChI=1S/C20H14NO/c1-13-6-7-18-16-11-20-17(10-14(16)8-9-21(18)12-13)15-4-2-3-5-19(15)22-20/h2-12H,1H3/q+1. The number of hydrogen-bond acceptors (Lipinski definition) is 1. The molecule has 3 aromatic heterocycles. The Balaban J connectivity index is 2.00. The minimum Gasteiger partial charge on any atom is -0.456 e. The molecule has 104 valence electrons. The van der Waals surface area contributed by atoms with E-state index in [1.165, 1.54) is 32.6 Å². The molecular formula is C20H14NO+. The highest BCUT2D eigenvalue weighted by Gasteiger charge is 2.12. The highest BCUT2D eigenvalue weighted by molar-refractivity contribution is 6.11. The molecule has 0 saturated heterocycles. The van der Waals surface area contributed by atoms with E-state index in [1.807, 2.05) is 12.1 Å². The van der Waals surface area contributed by atoms with Crippen molar-refractivity contribution in [3.8, 4) is 0 Å². The molecule has 5 rings (SSSR count). The Bertz CT molecular complexity index is 1180. The molecule has 22 heavy (non-hydrogen) atoms. The van der Waals surface area contributed by atoms with Crippen LogP contribution in [0, 0.1) is 6.92 Å². The van der Waals surface area contributed by atoms with Gasteiger partial charge in [-0.1, -0.05) is 18.2 Å². The average molecular weight is 284 g/mol. The van der Waals surface area contributed by atoms with Gasteiger partial charge in [-0.3, -0.25) is 0 Å². The van der Waals surface area contributed by atoms with Crippen molar-refractivity contribution in [2.24, 2.45) is 0 Å². The van der Waals surface area contributed by atoms with Gasteiger partial charge in [-0.2, -0.15) is 4.40 Å². The van der Waals surface area contributed by atoms with Crippen LogP contribution in [-0.4, -0.2) is 0 Å². The Kier molecular flexibility index (Phi) is 2.18. The molecule has 2 heteroatoms. The number of aromatic nitrogens is 1. The third-order valence-electron chi connectivity index (χ3n) is 4.36. The van der Waals surface area contributed by atoms with E-state index in [0.29, 0.717) is 0 Å². The molecule has 0 fully saturated rings. The van der Waals surface area contributed by atoms with Gasteiger partial charge in [-0.05, 0) is 36.6 Å².